The van der Waals surface area contributed by atoms with Crippen LogP contribution in [0.15, 0.2) is 0 Å². The molecule has 2 heterocycles. The van der Waals surface area contributed by atoms with E-state index in [0.29, 0.717) is 0 Å². The van der Waals surface area contributed by atoms with Gasteiger partial charge in [-0.05, 0) is 0 Å². The summed E-state index contributed by atoms with van der Waals surface area (Å²) in [5, 5.41) is -2.14. The molecule has 0 amide bonds. The summed E-state index contributed by atoms with van der Waals surface area (Å²) in [6.45, 7) is 6.18. The molecule has 0 aliphatic carbocycles. The molecule has 0 saturated carbocycles. The van der Waals surface area contributed by atoms with Gasteiger partial charge in [-0.15, -0.1) is 11.8 Å². The van der Waals surface area contributed by atoms with Gasteiger partial charge in [0.1, 0.15) is 37.6 Å². The summed E-state index contributed by atoms with van der Waals surface area (Å²) in [5.41, 5.74) is 0. The van der Waals surface area contributed by atoms with E-state index in [1.807, 2.05) is 0 Å². The van der Waals surface area contributed by atoms with Crippen LogP contribution in [0.4, 0.5) is 0 Å². The smallest absolute Gasteiger partial charge is 0.303 e. The Morgan fingerprint density at radius 2 is 0.814 bits per heavy atom. The standard InChI is InChI=1S/C26H38O16S/c1-11(27)35-9-17-19(37-13(3)29)23(21(39-15(5)31)25(33-7)41-17)43-24-20(38-14(4)30)18(10-36-12(2)28)42-26(34-8)22(24)40-16(6)32/h17-26H,9-10H2,1-8H3/t17-,18-,19-,20-,21-,22-,23+,24+,25-,26+/m1/s1. The summed E-state index contributed by atoms with van der Waals surface area (Å²) < 4.78 is 55.4. The molecule has 0 aromatic carbocycles. The molecule has 16 nitrogen and oxygen atoms in total. The molecule has 2 saturated heterocycles. The predicted molar refractivity (Wildman–Crippen MR) is 142 cm³/mol. The van der Waals surface area contributed by atoms with E-state index in [1.54, 1.807) is 0 Å². The van der Waals surface area contributed by atoms with Gasteiger partial charge in [-0.1, -0.05) is 0 Å². The molecule has 2 rings (SSSR count). The molecule has 0 radical (unpaired) electrons. The maximum absolute atomic E-state index is 12.3. The minimum absolute atomic E-state index is 0.374. The molecular weight excluding hydrogens is 600 g/mol. The molecule has 2 aliphatic rings. The van der Waals surface area contributed by atoms with Crippen molar-refractivity contribution in [1.29, 1.82) is 0 Å². The quantitative estimate of drug-likeness (QED) is 0.205. The zero-order chi connectivity index (χ0) is 32.4. The molecule has 0 bridgehead atoms. The topological polar surface area (TPSA) is 195 Å². The number of methoxy groups -OCH3 is 2. The Labute approximate surface area is 252 Å². The molecule has 0 spiro atoms. The fourth-order valence-corrected chi connectivity index (χ4v) is 6.41. The molecule has 0 aromatic heterocycles. The Balaban J connectivity index is 2.71. The van der Waals surface area contributed by atoms with Crippen LogP contribution in [0.5, 0.6) is 0 Å². The number of hydrogen-bond acceptors (Lipinski definition) is 17. The first-order chi connectivity index (χ1) is 20.2. The number of rotatable bonds is 12. The van der Waals surface area contributed by atoms with Crippen LogP contribution in [0.2, 0.25) is 0 Å². The van der Waals surface area contributed by atoms with E-state index >= 15 is 0 Å². The van der Waals surface area contributed by atoms with Gasteiger partial charge in [-0.3, -0.25) is 28.8 Å². The minimum atomic E-state index is -1.25. The zero-order valence-corrected chi connectivity index (χ0v) is 25.9. The van der Waals surface area contributed by atoms with Crippen LogP contribution in [0, 0.1) is 0 Å². The molecule has 17 heteroatoms. The molecule has 2 fully saturated rings. The van der Waals surface area contributed by atoms with E-state index in [1.165, 1.54) is 28.1 Å². The second-order valence-electron chi connectivity index (χ2n) is 9.52. The number of ether oxygens (including phenoxy) is 10. The Kier molecular flexibility index (Phi) is 14.1. The van der Waals surface area contributed by atoms with Crippen LogP contribution in [-0.2, 0) is 76.1 Å². The van der Waals surface area contributed by atoms with Gasteiger partial charge in [-0.25, -0.2) is 0 Å². The number of esters is 6. The molecule has 0 unspecified atom stereocenters. The van der Waals surface area contributed by atoms with E-state index in [2.05, 4.69) is 0 Å². The lowest BCUT2D eigenvalue weighted by molar-refractivity contribution is -0.271. The van der Waals surface area contributed by atoms with Gasteiger partial charge in [0.2, 0.25) is 0 Å². The first kappa shape index (κ1) is 36.2. The highest BCUT2D eigenvalue weighted by molar-refractivity contribution is 8.00. The maximum Gasteiger partial charge on any atom is 0.303 e. The van der Waals surface area contributed by atoms with Gasteiger partial charge < -0.3 is 47.4 Å². The first-order valence-corrected chi connectivity index (χ1v) is 14.1. The summed E-state index contributed by atoms with van der Waals surface area (Å²) >= 11 is 0.946. The summed E-state index contributed by atoms with van der Waals surface area (Å²) in [7, 11) is 2.57. The second-order valence-corrected chi connectivity index (χ2v) is 10.9. The van der Waals surface area contributed by atoms with Crippen LogP contribution in [-0.4, -0.2) is 123 Å². The number of hydrogen-bond donors (Lipinski definition) is 0. The van der Waals surface area contributed by atoms with Crippen molar-refractivity contribution in [3.63, 3.8) is 0 Å². The highest BCUT2D eigenvalue weighted by atomic mass is 32.2. The fraction of sp³-hybridized carbons (Fsp3) is 0.769. The van der Waals surface area contributed by atoms with E-state index in [0.717, 1.165) is 39.5 Å². The Bertz CT molecular complexity index is 941. The summed E-state index contributed by atoms with van der Waals surface area (Å²) in [5.74, 6) is -4.24. The zero-order valence-electron chi connectivity index (χ0n) is 25.1. The van der Waals surface area contributed by atoms with Crippen LogP contribution < -0.4 is 0 Å². The second kappa shape index (κ2) is 16.7. The van der Waals surface area contributed by atoms with Crippen molar-refractivity contribution < 1.29 is 76.1 Å². The van der Waals surface area contributed by atoms with Gasteiger partial charge in [0.05, 0.1) is 10.5 Å². The highest BCUT2D eigenvalue weighted by Gasteiger charge is 2.57. The van der Waals surface area contributed by atoms with E-state index in [4.69, 9.17) is 47.4 Å². The van der Waals surface area contributed by atoms with Crippen molar-refractivity contribution in [2.24, 2.45) is 0 Å². The summed E-state index contributed by atoms with van der Waals surface area (Å²) in [6, 6.07) is 0. The Hall–Kier alpha value is -2.99. The Morgan fingerprint density at radius 1 is 0.512 bits per heavy atom. The average Bonchev–Trinajstić information content (AvgIpc) is 2.89. The third kappa shape index (κ3) is 10.6. The summed E-state index contributed by atoms with van der Waals surface area (Å²) in [4.78, 5) is 72.2. The lowest BCUT2D eigenvalue weighted by Gasteiger charge is -2.49. The molecule has 10 atom stereocenters. The van der Waals surface area contributed by atoms with Crippen LogP contribution in [0.1, 0.15) is 41.5 Å². The molecule has 0 aromatic rings. The normalized spacial score (nSPS) is 32.1. The largest absolute Gasteiger partial charge is 0.463 e. The van der Waals surface area contributed by atoms with Crippen molar-refractivity contribution in [3.05, 3.63) is 0 Å². The van der Waals surface area contributed by atoms with Gasteiger partial charge in [0.25, 0.3) is 0 Å². The average molecular weight is 639 g/mol. The van der Waals surface area contributed by atoms with E-state index in [-0.39, 0.29) is 13.2 Å². The molecular formula is C26H38O16S. The molecule has 0 N–H and O–H groups in total. The van der Waals surface area contributed by atoms with Crippen molar-refractivity contribution in [2.45, 2.75) is 101 Å². The molecule has 43 heavy (non-hydrogen) atoms. The van der Waals surface area contributed by atoms with Gasteiger partial charge in [0.15, 0.2) is 24.8 Å². The van der Waals surface area contributed by atoms with Crippen LogP contribution in [0.25, 0.3) is 0 Å². The van der Waals surface area contributed by atoms with Gasteiger partial charge in [0, 0.05) is 55.8 Å². The monoisotopic (exact) mass is 638 g/mol. The fourth-order valence-electron chi connectivity index (χ4n) is 4.60. The third-order valence-corrected chi connectivity index (χ3v) is 7.77. The van der Waals surface area contributed by atoms with E-state index < -0.39 is 95.5 Å². The SMILES string of the molecule is CO[C@@H]1O[C@H](COC(C)=O)[C@@H](OC(C)=O)[C@H](S[C@@H]2[C@@H](OC(C)=O)[C@@H](OC)O[C@H](COC(C)=O)[C@H]2OC(C)=O)[C@H]1OC(C)=O. The maximum atomic E-state index is 12.3. The number of carbonyl (C=O) groups excluding carboxylic acids is 6. The van der Waals surface area contributed by atoms with Crippen molar-refractivity contribution in [1.82, 2.24) is 0 Å². The lowest BCUT2D eigenvalue weighted by atomic mass is 10.0. The number of thioether (sulfide) groups is 1. The van der Waals surface area contributed by atoms with E-state index in [9.17, 15) is 28.8 Å². The lowest BCUT2D eigenvalue weighted by Crippen LogP contribution is -2.64. The van der Waals surface area contributed by atoms with Crippen LogP contribution in [0.3, 0.4) is 0 Å². The number of carbonyl (C=O) groups is 6. The highest BCUT2D eigenvalue weighted by Crippen LogP contribution is 2.43. The molecule has 244 valence electrons. The first-order valence-electron chi connectivity index (χ1n) is 13.2. The molecule has 2 aliphatic heterocycles. The summed E-state index contributed by atoms with van der Waals surface area (Å²) in [6.07, 6.45) is -9.72. The predicted octanol–water partition coefficient (Wildman–Crippen LogP) is 0.0524. The van der Waals surface area contributed by atoms with Crippen molar-refractivity contribution in [3.8, 4) is 0 Å². The minimum Gasteiger partial charge on any atom is -0.463 e. The van der Waals surface area contributed by atoms with Gasteiger partial charge >= 0.3 is 35.8 Å². The van der Waals surface area contributed by atoms with Crippen molar-refractivity contribution in [2.75, 3.05) is 27.4 Å². The Morgan fingerprint density at radius 3 is 1.07 bits per heavy atom. The van der Waals surface area contributed by atoms with Gasteiger partial charge in [-0.2, -0.15) is 0 Å². The third-order valence-electron chi connectivity index (χ3n) is 6.07. The van der Waals surface area contributed by atoms with Crippen molar-refractivity contribution >= 4 is 47.6 Å². The van der Waals surface area contributed by atoms with Crippen LogP contribution >= 0.6 is 11.8 Å².